The molecule has 266 valence electrons. The molecule has 0 aliphatic carbocycles. The number of para-hydroxylation sites is 5. The maximum Gasteiger partial charge on any atom is 0.144 e. The topological polar surface area (TPSA) is 35.9 Å². The van der Waals surface area contributed by atoms with Crippen molar-refractivity contribution in [2.24, 2.45) is 0 Å². The van der Waals surface area contributed by atoms with Gasteiger partial charge in [-0.3, -0.25) is 0 Å². The molecule has 0 spiro atoms. The smallest absolute Gasteiger partial charge is 0.144 e. The maximum absolute atomic E-state index is 6.38. The van der Waals surface area contributed by atoms with E-state index in [1.165, 1.54) is 54.9 Å². The number of furan rings is 1. The average Bonchev–Trinajstić information content (AvgIpc) is 3.94. The van der Waals surface area contributed by atoms with Gasteiger partial charge in [0.1, 0.15) is 11.2 Å². The van der Waals surface area contributed by atoms with Gasteiger partial charge in [-0.2, -0.15) is 0 Å². The number of nitrogens with zero attached hydrogens (tertiary/aromatic N) is 3. The van der Waals surface area contributed by atoms with Crippen LogP contribution in [0.5, 0.6) is 0 Å². The van der Waals surface area contributed by atoms with Crippen molar-refractivity contribution in [3.05, 3.63) is 200 Å². The zero-order chi connectivity index (χ0) is 37.5. The fourth-order valence-corrected chi connectivity index (χ4v) is 8.94. The van der Waals surface area contributed by atoms with Gasteiger partial charge in [-0.15, -0.1) is 0 Å². The molecule has 4 aromatic heterocycles. The summed E-state index contributed by atoms with van der Waals surface area (Å²) in [7, 11) is 0. The lowest BCUT2D eigenvalue weighted by Gasteiger charge is -2.11. The van der Waals surface area contributed by atoms with E-state index in [-0.39, 0.29) is 0 Å². The minimum Gasteiger partial charge on any atom is -0.455 e. The first kappa shape index (κ1) is 31.6. The van der Waals surface area contributed by atoms with Crippen LogP contribution in [-0.4, -0.2) is 14.1 Å². The molecule has 0 aliphatic heterocycles. The normalized spacial score (nSPS) is 11.9. The lowest BCUT2D eigenvalue weighted by Crippen LogP contribution is -1.95. The molecule has 0 unspecified atom stereocenters. The first-order chi connectivity index (χ1) is 28.3. The molecule has 0 saturated carbocycles. The van der Waals surface area contributed by atoms with E-state index in [2.05, 4.69) is 197 Å². The van der Waals surface area contributed by atoms with Crippen molar-refractivity contribution >= 4 is 65.6 Å². The highest BCUT2D eigenvalue weighted by Crippen LogP contribution is 2.40. The van der Waals surface area contributed by atoms with Crippen molar-refractivity contribution in [1.82, 2.24) is 14.1 Å². The van der Waals surface area contributed by atoms with Crippen LogP contribution in [0.4, 0.5) is 0 Å². The minimum absolute atomic E-state index is 0.862. The third-order valence-electron chi connectivity index (χ3n) is 11.5. The number of hydrogen-bond donors (Lipinski definition) is 0. The minimum atomic E-state index is 0.862. The van der Waals surface area contributed by atoms with E-state index in [0.717, 1.165) is 55.7 Å². The van der Waals surface area contributed by atoms with Crippen LogP contribution in [0.1, 0.15) is 0 Å². The quantitative estimate of drug-likeness (QED) is 0.177. The Kier molecular flexibility index (Phi) is 6.89. The number of fused-ring (bicyclic) bond motifs is 9. The van der Waals surface area contributed by atoms with Crippen LogP contribution in [0.15, 0.2) is 205 Å². The number of aromatic nitrogens is 3. The molecule has 12 rings (SSSR count). The van der Waals surface area contributed by atoms with Gasteiger partial charge in [-0.05, 0) is 96.1 Å². The molecule has 8 aromatic carbocycles. The van der Waals surface area contributed by atoms with E-state index in [1.54, 1.807) is 0 Å². The van der Waals surface area contributed by atoms with Crippen LogP contribution in [0.3, 0.4) is 0 Å². The van der Waals surface area contributed by atoms with E-state index in [9.17, 15) is 0 Å². The Balaban J connectivity index is 0.965. The van der Waals surface area contributed by atoms with E-state index in [4.69, 9.17) is 9.40 Å². The number of benzene rings is 8. The predicted octanol–water partition coefficient (Wildman–Crippen LogP) is 14.2. The second kappa shape index (κ2) is 12.4. The Hall–Kier alpha value is -7.69. The largest absolute Gasteiger partial charge is 0.455 e. The van der Waals surface area contributed by atoms with Gasteiger partial charge in [-0.25, -0.2) is 4.98 Å². The van der Waals surface area contributed by atoms with Gasteiger partial charge in [0.2, 0.25) is 0 Å². The molecule has 0 aliphatic rings. The average molecular weight is 728 g/mol. The molecule has 4 heteroatoms. The number of hydrogen-bond acceptors (Lipinski definition) is 2. The lowest BCUT2D eigenvalue weighted by molar-refractivity contribution is 0.670. The van der Waals surface area contributed by atoms with Crippen LogP contribution in [0.2, 0.25) is 0 Å². The lowest BCUT2D eigenvalue weighted by atomic mass is 10.0. The Morgan fingerprint density at radius 1 is 0.333 bits per heavy atom. The fraction of sp³-hybridized carbons (Fsp3) is 0. The van der Waals surface area contributed by atoms with Gasteiger partial charge in [-0.1, -0.05) is 115 Å². The van der Waals surface area contributed by atoms with Crippen molar-refractivity contribution in [3.8, 4) is 45.0 Å². The highest BCUT2D eigenvalue weighted by Gasteiger charge is 2.18. The third-order valence-corrected chi connectivity index (χ3v) is 11.5. The molecule has 0 fully saturated rings. The van der Waals surface area contributed by atoms with E-state index in [1.807, 2.05) is 12.1 Å². The standard InChI is InChI=1S/C53H33N3O/c1-2-14-37(15-3-1)55-48-24-7-4-17-39(48)44-32-34(27-29-50(44)55)35-28-30-51-45(33-35)40-18-5-8-25-49(40)56(51)38-16-10-13-36(31-38)46-22-12-23-47(54-46)43-21-11-20-42-41-19-6-9-26-52(41)57-53(42)43/h1-33H. The summed E-state index contributed by atoms with van der Waals surface area (Å²) < 4.78 is 11.1. The van der Waals surface area contributed by atoms with Crippen molar-refractivity contribution in [2.75, 3.05) is 0 Å². The van der Waals surface area contributed by atoms with Crippen LogP contribution >= 0.6 is 0 Å². The summed E-state index contributed by atoms with van der Waals surface area (Å²) in [4.78, 5) is 5.21. The van der Waals surface area contributed by atoms with E-state index < -0.39 is 0 Å². The first-order valence-electron chi connectivity index (χ1n) is 19.4. The van der Waals surface area contributed by atoms with Crippen LogP contribution in [-0.2, 0) is 0 Å². The molecule has 12 aromatic rings. The van der Waals surface area contributed by atoms with Gasteiger partial charge in [0.15, 0.2) is 0 Å². The highest BCUT2D eigenvalue weighted by molar-refractivity contribution is 6.13. The second-order valence-corrected chi connectivity index (χ2v) is 14.7. The summed E-state index contributed by atoms with van der Waals surface area (Å²) in [5.74, 6) is 0. The summed E-state index contributed by atoms with van der Waals surface area (Å²) in [6.07, 6.45) is 0. The van der Waals surface area contributed by atoms with Crippen molar-refractivity contribution in [2.45, 2.75) is 0 Å². The monoisotopic (exact) mass is 727 g/mol. The van der Waals surface area contributed by atoms with Gasteiger partial charge in [0.25, 0.3) is 0 Å². The van der Waals surface area contributed by atoms with Gasteiger partial charge < -0.3 is 13.6 Å². The van der Waals surface area contributed by atoms with Crippen molar-refractivity contribution < 1.29 is 4.42 Å². The molecule has 4 nitrogen and oxygen atoms in total. The summed E-state index contributed by atoms with van der Waals surface area (Å²) in [6.45, 7) is 0. The molecule has 0 N–H and O–H groups in total. The summed E-state index contributed by atoms with van der Waals surface area (Å²) in [6, 6.07) is 71.4. The van der Waals surface area contributed by atoms with Crippen LogP contribution in [0.25, 0.3) is 111 Å². The second-order valence-electron chi connectivity index (χ2n) is 14.7. The summed E-state index contributed by atoms with van der Waals surface area (Å²) in [5, 5.41) is 7.16. The van der Waals surface area contributed by atoms with Crippen molar-refractivity contribution in [1.29, 1.82) is 0 Å². The summed E-state index contributed by atoms with van der Waals surface area (Å²) in [5.41, 5.74) is 15.0. The fourth-order valence-electron chi connectivity index (χ4n) is 8.94. The molecular weight excluding hydrogens is 695 g/mol. The van der Waals surface area contributed by atoms with Gasteiger partial charge >= 0.3 is 0 Å². The van der Waals surface area contributed by atoms with E-state index in [0.29, 0.717) is 0 Å². The molecule has 57 heavy (non-hydrogen) atoms. The number of rotatable bonds is 5. The van der Waals surface area contributed by atoms with Gasteiger partial charge in [0.05, 0.1) is 33.5 Å². The highest BCUT2D eigenvalue weighted by atomic mass is 16.3. The van der Waals surface area contributed by atoms with Crippen LogP contribution in [0, 0.1) is 0 Å². The Morgan fingerprint density at radius 2 is 0.877 bits per heavy atom. The third kappa shape index (κ3) is 4.91. The van der Waals surface area contributed by atoms with Gasteiger partial charge in [0, 0.05) is 54.8 Å². The summed E-state index contributed by atoms with van der Waals surface area (Å²) >= 11 is 0. The van der Waals surface area contributed by atoms with E-state index >= 15 is 0 Å². The molecule has 0 bridgehead atoms. The van der Waals surface area contributed by atoms with Crippen LogP contribution < -0.4 is 0 Å². The molecule has 0 radical (unpaired) electrons. The molecule has 0 saturated heterocycles. The molecule has 0 atom stereocenters. The maximum atomic E-state index is 6.38. The number of pyridine rings is 1. The molecule has 4 heterocycles. The predicted molar refractivity (Wildman–Crippen MR) is 237 cm³/mol. The first-order valence-corrected chi connectivity index (χ1v) is 19.4. The Morgan fingerprint density at radius 3 is 1.61 bits per heavy atom. The Bertz CT molecular complexity index is 3530. The zero-order valence-corrected chi connectivity index (χ0v) is 30.8. The van der Waals surface area contributed by atoms with Crippen molar-refractivity contribution in [3.63, 3.8) is 0 Å². The molecular formula is C53H33N3O. The molecule has 0 amide bonds. The SMILES string of the molecule is c1ccc(-n2c3ccccc3c3cc(-c4ccc5c(c4)c4ccccc4n5-c4cccc(-c5cccc(-c6cccc7c6oc6ccccc67)n5)c4)ccc32)cc1. The Labute approximate surface area is 328 Å². The zero-order valence-electron chi connectivity index (χ0n) is 30.8.